The molecule has 0 aliphatic rings. The lowest BCUT2D eigenvalue weighted by Crippen LogP contribution is -2.00. The lowest BCUT2D eigenvalue weighted by molar-refractivity contribution is 0.132. The van der Waals surface area contributed by atoms with Gasteiger partial charge < -0.3 is 9.30 Å². The third-order valence-corrected chi connectivity index (χ3v) is 3.05. The first-order valence-corrected chi connectivity index (χ1v) is 6.40. The molecule has 100 valence electrons. The number of benzene rings is 1. The van der Waals surface area contributed by atoms with Crippen LogP contribution >= 0.6 is 0 Å². The van der Waals surface area contributed by atoms with E-state index in [1.165, 1.54) is 0 Å². The van der Waals surface area contributed by atoms with E-state index in [-0.39, 0.29) is 0 Å². The standard InChI is InChI=1S/C16H15N3O/c1-20-12-19-11-15(13-7-9-17-10-8-13)18-16(19)14-5-3-2-4-6-14/h2-11H,12H2,1H3. The number of pyridine rings is 1. The van der Waals surface area contributed by atoms with Crippen molar-refractivity contribution in [1.29, 1.82) is 0 Å². The van der Waals surface area contributed by atoms with E-state index in [0.717, 1.165) is 22.6 Å². The fourth-order valence-corrected chi connectivity index (χ4v) is 2.13. The van der Waals surface area contributed by atoms with Crippen LogP contribution in [0, 0.1) is 0 Å². The molecule has 0 aliphatic heterocycles. The molecule has 3 aromatic rings. The van der Waals surface area contributed by atoms with Crippen LogP contribution in [0.1, 0.15) is 0 Å². The molecule has 0 unspecified atom stereocenters. The van der Waals surface area contributed by atoms with Crippen molar-refractivity contribution in [2.75, 3.05) is 7.11 Å². The second-order valence-electron chi connectivity index (χ2n) is 4.44. The number of methoxy groups -OCH3 is 1. The average Bonchev–Trinajstić information content (AvgIpc) is 2.94. The zero-order valence-electron chi connectivity index (χ0n) is 11.2. The van der Waals surface area contributed by atoms with Gasteiger partial charge in [0.1, 0.15) is 12.6 Å². The number of imidazole rings is 1. The minimum atomic E-state index is 0.475. The van der Waals surface area contributed by atoms with Crippen LogP contribution in [0.2, 0.25) is 0 Å². The Hall–Kier alpha value is -2.46. The fraction of sp³-hybridized carbons (Fsp3) is 0.125. The Balaban J connectivity index is 2.08. The molecule has 0 amide bonds. The van der Waals surface area contributed by atoms with E-state index in [1.807, 2.05) is 53.2 Å². The maximum atomic E-state index is 5.25. The van der Waals surface area contributed by atoms with Crippen molar-refractivity contribution < 1.29 is 4.74 Å². The summed E-state index contributed by atoms with van der Waals surface area (Å²) in [7, 11) is 1.68. The molecule has 0 bridgehead atoms. The van der Waals surface area contributed by atoms with Gasteiger partial charge in [-0.25, -0.2) is 4.98 Å². The van der Waals surface area contributed by atoms with Crippen LogP contribution in [0.15, 0.2) is 61.1 Å². The number of ether oxygens (including phenoxy) is 1. The summed E-state index contributed by atoms with van der Waals surface area (Å²) in [5.74, 6) is 0.902. The van der Waals surface area contributed by atoms with Gasteiger partial charge in [0.2, 0.25) is 0 Å². The number of rotatable bonds is 4. The summed E-state index contributed by atoms with van der Waals surface area (Å²) in [5, 5.41) is 0. The van der Waals surface area contributed by atoms with E-state index in [2.05, 4.69) is 4.98 Å². The highest BCUT2D eigenvalue weighted by molar-refractivity contribution is 5.64. The van der Waals surface area contributed by atoms with Crippen LogP contribution in [0.5, 0.6) is 0 Å². The molecule has 4 heteroatoms. The normalized spacial score (nSPS) is 10.7. The van der Waals surface area contributed by atoms with Crippen LogP contribution in [-0.2, 0) is 11.5 Å². The molecule has 0 saturated heterocycles. The summed E-state index contributed by atoms with van der Waals surface area (Å²) >= 11 is 0. The third-order valence-electron chi connectivity index (χ3n) is 3.05. The van der Waals surface area contributed by atoms with Crippen LogP contribution in [0.3, 0.4) is 0 Å². The van der Waals surface area contributed by atoms with Gasteiger partial charge in [0.05, 0.1) is 5.69 Å². The number of aromatic nitrogens is 3. The van der Waals surface area contributed by atoms with Gasteiger partial charge in [-0.05, 0) is 12.1 Å². The smallest absolute Gasteiger partial charge is 0.142 e. The highest BCUT2D eigenvalue weighted by Gasteiger charge is 2.10. The minimum Gasteiger partial charge on any atom is -0.364 e. The van der Waals surface area contributed by atoms with Crippen molar-refractivity contribution in [1.82, 2.24) is 14.5 Å². The van der Waals surface area contributed by atoms with Crippen molar-refractivity contribution in [3.8, 4) is 22.6 Å². The van der Waals surface area contributed by atoms with E-state index >= 15 is 0 Å². The second-order valence-corrected chi connectivity index (χ2v) is 4.44. The van der Waals surface area contributed by atoms with Crippen LogP contribution in [0.25, 0.3) is 22.6 Å². The Bertz CT molecular complexity index is 677. The highest BCUT2D eigenvalue weighted by atomic mass is 16.5. The number of hydrogen-bond acceptors (Lipinski definition) is 3. The topological polar surface area (TPSA) is 39.9 Å². The first kappa shape index (κ1) is 12.6. The van der Waals surface area contributed by atoms with Crippen LogP contribution < -0.4 is 0 Å². The Morgan fingerprint density at radius 2 is 1.75 bits per heavy atom. The number of hydrogen-bond donors (Lipinski definition) is 0. The molecular formula is C16H15N3O. The predicted molar refractivity (Wildman–Crippen MR) is 77.9 cm³/mol. The highest BCUT2D eigenvalue weighted by Crippen LogP contribution is 2.24. The quantitative estimate of drug-likeness (QED) is 0.727. The largest absolute Gasteiger partial charge is 0.364 e. The van der Waals surface area contributed by atoms with Gasteiger partial charge in [-0.15, -0.1) is 0 Å². The SMILES string of the molecule is COCn1cc(-c2ccncc2)nc1-c1ccccc1. The summed E-state index contributed by atoms with van der Waals surface area (Å²) in [6.07, 6.45) is 5.54. The second kappa shape index (κ2) is 5.67. The monoisotopic (exact) mass is 265 g/mol. The predicted octanol–water partition coefficient (Wildman–Crippen LogP) is 3.22. The zero-order chi connectivity index (χ0) is 13.8. The Morgan fingerprint density at radius 3 is 2.45 bits per heavy atom. The molecule has 2 aromatic heterocycles. The van der Waals surface area contributed by atoms with E-state index in [4.69, 9.17) is 9.72 Å². The average molecular weight is 265 g/mol. The van der Waals surface area contributed by atoms with Gasteiger partial charge in [0.15, 0.2) is 0 Å². The van der Waals surface area contributed by atoms with Gasteiger partial charge in [0, 0.05) is 36.8 Å². The van der Waals surface area contributed by atoms with Crippen molar-refractivity contribution in [2.45, 2.75) is 6.73 Å². The summed E-state index contributed by atoms with van der Waals surface area (Å²) in [5.41, 5.74) is 3.04. The molecule has 4 nitrogen and oxygen atoms in total. The fourth-order valence-electron chi connectivity index (χ4n) is 2.13. The molecule has 0 atom stereocenters. The van der Waals surface area contributed by atoms with Gasteiger partial charge in [-0.2, -0.15) is 0 Å². The van der Waals surface area contributed by atoms with E-state index in [1.54, 1.807) is 19.5 Å². The maximum Gasteiger partial charge on any atom is 0.142 e. The maximum absolute atomic E-state index is 5.25. The molecule has 0 saturated carbocycles. The van der Waals surface area contributed by atoms with Crippen molar-refractivity contribution in [3.05, 3.63) is 61.1 Å². The molecule has 3 rings (SSSR count). The third kappa shape index (κ3) is 2.46. The van der Waals surface area contributed by atoms with Gasteiger partial charge in [0.25, 0.3) is 0 Å². The lowest BCUT2D eigenvalue weighted by atomic mass is 10.2. The molecular weight excluding hydrogens is 250 g/mol. The molecule has 0 fully saturated rings. The van der Waals surface area contributed by atoms with Gasteiger partial charge >= 0.3 is 0 Å². The summed E-state index contributed by atoms with van der Waals surface area (Å²) in [6, 6.07) is 14.0. The minimum absolute atomic E-state index is 0.475. The van der Waals surface area contributed by atoms with Gasteiger partial charge in [-0.3, -0.25) is 4.98 Å². The van der Waals surface area contributed by atoms with Gasteiger partial charge in [-0.1, -0.05) is 30.3 Å². The van der Waals surface area contributed by atoms with Crippen molar-refractivity contribution >= 4 is 0 Å². The number of nitrogens with zero attached hydrogens (tertiary/aromatic N) is 3. The molecule has 0 N–H and O–H groups in total. The Kier molecular flexibility index (Phi) is 3.56. The summed E-state index contributed by atoms with van der Waals surface area (Å²) in [4.78, 5) is 8.76. The molecule has 0 spiro atoms. The molecule has 1 aromatic carbocycles. The van der Waals surface area contributed by atoms with E-state index in [0.29, 0.717) is 6.73 Å². The molecule has 2 heterocycles. The van der Waals surface area contributed by atoms with Crippen LogP contribution in [0.4, 0.5) is 0 Å². The molecule has 0 aliphatic carbocycles. The lowest BCUT2D eigenvalue weighted by Gasteiger charge is -2.05. The Labute approximate surface area is 117 Å². The zero-order valence-corrected chi connectivity index (χ0v) is 11.2. The molecule has 0 radical (unpaired) electrons. The summed E-state index contributed by atoms with van der Waals surface area (Å²) in [6.45, 7) is 0.475. The van der Waals surface area contributed by atoms with Crippen LogP contribution in [-0.4, -0.2) is 21.6 Å². The first-order chi connectivity index (χ1) is 9.88. The molecule has 20 heavy (non-hydrogen) atoms. The Morgan fingerprint density at radius 1 is 1.00 bits per heavy atom. The van der Waals surface area contributed by atoms with E-state index in [9.17, 15) is 0 Å². The van der Waals surface area contributed by atoms with Crippen molar-refractivity contribution in [2.24, 2.45) is 0 Å². The van der Waals surface area contributed by atoms with Crippen molar-refractivity contribution in [3.63, 3.8) is 0 Å². The summed E-state index contributed by atoms with van der Waals surface area (Å²) < 4.78 is 7.25. The van der Waals surface area contributed by atoms with E-state index < -0.39 is 0 Å². The first-order valence-electron chi connectivity index (χ1n) is 6.40.